The number of carbonyl (C=O) groups excluding carboxylic acids is 2. The first kappa shape index (κ1) is 14.1. The second-order valence-electron chi connectivity index (χ2n) is 4.70. The molecule has 0 aromatic heterocycles. The Morgan fingerprint density at radius 2 is 1.90 bits per heavy atom. The molecule has 2 N–H and O–H groups in total. The van der Waals surface area contributed by atoms with Gasteiger partial charge in [0.15, 0.2) is 5.78 Å². The van der Waals surface area contributed by atoms with Crippen molar-refractivity contribution in [2.45, 2.75) is 26.3 Å². The van der Waals surface area contributed by atoms with Crippen molar-refractivity contribution < 1.29 is 14.7 Å². The number of fused-ring (bicyclic) bond motifs is 1. The van der Waals surface area contributed by atoms with E-state index in [9.17, 15) is 14.7 Å². The van der Waals surface area contributed by atoms with Gasteiger partial charge in [-0.25, -0.2) is 0 Å². The molecular formula is C16H17NO3. The lowest BCUT2D eigenvalue weighted by molar-refractivity contribution is -0.120. The molecule has 4 heteroatoms. The van der Waals surface area contributed by atoms with Gasteiger partial charge in [-0.3, -0.25) is 9.59 Å². The Balaban J connectivity index is 2.31. The van der Waals surface area contributed by atoms with Crippen LogP contribution in [0.3, 0.4) is 0 Å². The molecule has 2 aromatic carbocycles. The molecule has 0 aliphatic carbocycles. The zero-order valence-electron chi connectivity index (χ0n) is 11.5. The Hall–Kier alpha value is -2.36. The molecule has 1 atom stereocenters. The van der Waals surface area contributed by atoms with Gasteiger partial charge in [-0.15, -0.1) is 0 Å². The van der Waals surface area contributed by atoms with Gasteiger partial charge in [0.2, 0.25) is 0 Å². The summed E-state index contributed by atoms with van der Waals surface area (Å²) in [5, 5.41) is 14.3. The Labute approximate surface area is 117 Å². The summed E-state index contributed by atoms with van der Waals surface area (Å²) in [6, 6.07) is 10.1. The maximum atomic E-state index is 12.1. The zero-order chi connectivity index (χ0) is 14.7. The Morgan fingerprint density at radius 1 is 1.20 bits per heavy atom. The van der Waals surface area contributed by atoms with Gasteiger partial charge in [0.1, 0.15) is 5.75 Å². The molecule has 1 unspecified atom stereocenters. The highest BCUT2D eigenvalue weighted by atomic mass is 16.3. The fourth-order valence-corrected chi connectivity index (χ4v) is 2.10. The lowest BCUT2D eigenvalue weighted by atomic mass is 10.0. The van der Waals surface area contributed by atoms with Crippen LogP contribution < -0.4 is 5.32 Å². The molecule has 2 aromatic rings. The minimum Gasteiger partial charge on any atom is -0.506 e. The fourth-order valence-electron chi connectivity index (χ4n) is 2.10. The third kappa shape index (κ3) is 2.64. The van der Waals surface area contributed by atoms with Crippen LogP contribution in [0, 0.1) is 0 Å². The number of hydrogen-bond donors (Lipinski definition) is 2. The van der Waals surface area contributed by atoms with E-state index in [1.54, 1.807) is 38.1 Å². The highest BCUT2D eigenvalue weighted by Gasteiger charge is 2.18. The number of phenolic OH excluding ortho intramolecular Hbond substituents is 1. The van der Waals surface area contributed by atoms with E-state index < -0.39 is 11.9 Å². The van der Waals surface area contributed by atoms with Crippen molar-refractivity contribution >= 4 is 22.5 Å². The molecule has 0 spiro atoms. The normalized spacial score (nSPS) is 12.1. The average molecular weight is 271 g/mol. The van der Waals surface area contributed by atoms with Crippen LogP contribution in [0.2, 0.25) is 0 Å². The van der Waals surface area contributed by atoms with Crippen LogP contribution in [0.5, 0.6) is 5.75 Å². The van der Waals surface area contributed by atoms with Gasteiger partial charge >= 0.3 is 0 Å². The van der Waals surface area contributed by atoms with E-state index in [2.05, 4.69) is 5.32 Å². The summed E-state index contributed by atoms with van der Waals surface area (Å²) in [5.41, 5.74) is 0.180. The SMILES string of the molecule is CCC(=O)C(C)NC(=O)c1ccc2ccccc2c1O. The van der Waals surface area contributed by atoms with Crippen LogP contribution in [0.15, 0.2) is 36.4 Å². The van der Waals surface area contributed by atoms with E-state index in [4.69, 9.17) is 0 Å². The second kappa shape index (κ2) is 5.74. The molecule has 0 aliphatic rings. The fraction of sp³-hybridized carbons (Fsp3) is 0.250. The smallest absolute Gasteiger partial charge is 0.255 e. The summed E-state index contributed by atoms with van der Waals surface area (Å²) in [4.78, 5) is 23.6. The summed E-state index contributed by atoms with van der Waals surface area (Å²) in [6.07, 6.45) is 0.366. The molecule has 0 fully saturated rings. The van der Waals surface area contributed by atoms with Gasteiger partial charge < -0.3 is 10.4 Å². The zero-order valence-corrected chi connectivity index (χ0v) is 11.5. The van der Waals surface area contributed by atoms with Crippen molar-refractivity contribution in [3.05, 3.63) is 42.0 Å². The third-order valence-electron chi connectivity index (χ3n) is 3.32. The Kier molecular flexibility index (Phi) is 4.03. The molecule has 4 nitrogen and oxygen atoms in total. The first-order valence-electron chi connectivity index (χ1n) is 6.59. The Morgan fingerprint density at radius 3 is 2.60 bits per heavy atom. The molecule has 0 saturated heterocycles. The van der Waals surface area contributed by atoms with Crippen molar-refractivity contribution in [3.8, 4) is 5.75 Å². The van der Waals surface area contributed by atoms with Crippen molar-refractivity contribution in [1.29, 1.82) is 0 Å². The monoisotopic (exact) mass is 271 g/mol. The molecule has 0 saturated carbocycles. The number of benzene rings is 2. The van der Waals surface area contributed by atoms with E-state index in [-0.39, 0.29) is 17.1 Å². The van der Waals surface area contributed by atoms with E-state index in [0.717, 1.165) is 5.39 Å². The van der Waals surface area contributed by atoms with Gasteiger partial charge in [-0.05, 0) is 18.4 Å². The van der Waals surface area contributed by atoms with Crippen molar-refractivity contribution in [2.75, 3.05) is 0 Å². The summed E-state index contributed by atoms with van der Waals surface area (Å²) in [7, 11) is 0. The number of rotatable bonds is 4. The summed E-state index contributed by atoms with van der Waals surface area (Å²) in [5.74, 6) is -0.544. The molecule has 0 heterocycles. The number of Topliss-reactive ketones (excluding diaryl/α,β-unsaturated/α-hetero) is 1. The Bertz CT molecular complexity index is 664. The van der Waals surface area contributed by atoms with Crippen LogP contribution in [-0.2, 0) is 4.79 Å². The minimum absolute atomic E-state index is 0.0429. The average Bonchev–Trinajstić information content (AvgIpc) is 2.46. The van der Waals surface area contributed by atoms with Gasteiger partial charge in [0.25, 0.3) is 5.91 Å². The van der Waals surface area contributed by atoms with Gasteiger partial charge in [-0.1, -0.05) is 37.3 Å². The second-order valence-corrected chi connectivity index (χ2v) is 4.70. The van der Waals surface area contributed by atoms with Gasteiger partial charge in [0.05, 0.1) is 11.6 Å². The first-order valence-corrected chi connectivity index (χ1v) is 6.59. The molecule has 2 rings (SSSR count). The van der Waals surface area contributed by atoms with Crippen LogP contribution in [0.1, 0.15) is 30.6 Å². The summed E-state index contributed by atoms with van der Waals surface area (Å²) < 4.78 is 0. The van der Waals surface area contributed by atoms with Crippen LogP contribution in [-0.4, -0.2) is 22.8 Å². The minimum atomic E-state index is -0.557. The number of aromatic hydroxyl groups is 1. The van der Waals surface area contributed by atoms with Gasteiger partial charge in [0, 0.05) is 11.8 Å². The van der Waals surface area contributed by atoms with Crippen LogP contribution in [0.25, 0.3) is 10.8 Å². The number of amides is 1. The van der Waals surface area contributed by atoms with E-state index in [1.807, 2.05) is 12.1 Å². The number of carbonyl (C=O) groups is 2. The van der Waals surface area contributed by atoms with Crippen molar-refractivity contribution in [3.63, 3.8) is 0 Å². The highest BCUT2D eigenvalue weighted by molar-refractivity contribution is 6.04. The first-order chi connectivity index (χ1) is 9.54. The molecule has 0 aliphatic heterocycles. The molecule has 1 amide bonds. The molecule has 0 bridgehead atoms. The van der Waals surface area contributed by atoms with Crippen LogP contribution in [0.4, 0.5) is 0 Å². The number of hydrogen-bond acceptors (Lipinski definition) is 3. The maximum absolute atomic E-state index is 12.1. The van der Waals surface area contributed by atoms with E-state index in [0.29, 0.717) is 11.8 Å². The summed E-state index contributed by atoms with van der Waals surface area (Å²) in [6.45, 7) is 3.39. The summed E-state index contributed by atoms with van der Waals surface area (Å²) >= 11 is 0. The predicted molar refractivity (Wildman–Crippen MR) is 77.8 cm³/mol. The lowest BCUT2D eigenvalue weighted by Crippen LogP contribution is -2.38. The molecular weight excluding hydrogens is 254 g/mol. The predicted octanol–water partition coefficient (Wildman–Crippen LogP) is 2.64. The van der Waals surface area contributed by atoms with E-state index in [1.165, 1.54) is 0 Å². The molecule has 0 radical (unpaired) electrons. The molecule has 20 heavy (non-hydrogen) atoms. The number of ketones is 1. The van der Waals surface area contributed by atoms with Crippen LogP contribution >= 0.6 is 0 Å². The molecule has 104 valence electrons. The maximum Gasteiger partial charge on any atom is 0.255 e. The largest absolute Gasteiger partial charge is 0.506 e. The number of phenols is 1. The quantitative estimate of drug-likeness (QED) is 0.898. The lowest BCUT2D eigenvalue weighted by Gasteiger charge is -2.13. The van der Waals surface area contributed by atoms with Gasteiger partial charge in [-0.2, -0.15) is 0 Å². The van der Waals surface area contributed by atoms with E-state index >= 15 is 0 Å². The number of nitrogens with one attached hydrogen (secondary N) is 1. The standard InChI is InChI=1S/C16H17NO3/c1-3-14(18)10(2)17-16(20)13-9-8-11-6-4-5-7-12(11)15(13)19/h4-10,19H,3H2,1-2H3,(H,17,20). The highest BCUT2D eigenvalue weighted by Crippen LogP contribution is 2.28. The third-order valence-corrected chi connectivity index (χ3v) is 3.32. The van der Waals surface area contributed by atoms with Crippen molar-refractivity contribution in [1.82, 2.24) is 5.32 Å². The van der Waals surface area contributed by atoms with Crippen molar-refractivity contribution in [2.24, 2.45) is 0 Å². The topological polar surface area (TPSA) is 66.4 Å².